The molecule has 0 saturated heterocycles. The molecule has 12 heteroatoms. The van der Waals surface area contributed by atoms with Gasteiger partial charge in [-0.05, 0) is 6.07 Å². The highest BCUT2D eigenvalue weighted by atomic mass is 19.4. The van der Waals surface area contributed by atoms with E-state index in [1.165, 1.54) is 0 Å². The van der Waals surface area contributed by atoms with Crippen LogP contribution in [0.5, 0.6) is 11.5 Å². The number of aromatic amines is 1. The summed E-state index contributed by atoms with van der Waals surface area (Å²) in [6.07, 6.45) is -2.88. The minimum atomic E-state index is -4.72. The standard InChI is InChI=1S/C18H13F5N4O3/c19-11-3-8(26-17-27-9(6-28)7-29-17)4-12(20)15(11)30-13-1-2-24-16-14(13)10(5-25-16)18(21,22)23/h1-5,9,28H,6-7H2,(H,24,25)(H,26,27). The topological polar surface area (TPSA) is 91.8 Å². The summed E-state index contributed by atoms with van der Waals surface area (Å²) in [6.45, 7) is -0.138. The highest BCUT2D eigenvalue weighted by Crippen LogP contribution is 2.40. The van der Waals surface area contributed by atoms with Crippen LogP contribution >= 0.6 is 0 Å². The first kappa shape index (κ1) is 19.9. The van der Waals surface area contributed by atoms with Gasteiger partial charge in [0.2, 0.25) is 0 Å². The average molecular weight is 428 g/mol. The van der Waals surface area contributed by atoms with E-state index < -0.39 is 46.3 Å². The van der Waals surface area contributed by atoms with E-state index in [0.717, 1.165) is 24.4 Å². The van der Waals surface area contributed by atoms with Crippen LogP contribution in [0, 0.1) is 11.6 Å². The monoisotopic (exact) mass is 428 g/mol. The van der Waals surface area contributed by atoms with Gasteiger partial charge >= 0.3 is 6.18 Å². The number of aliphatic hydroxyl groups is 1. The Labute approximate surface area is 165 Å². The SMILES string of the molecule is OCC1COC(Nc2cc(F)c(Oc3ccnc4[nH]cc(C(F)(F)F)c34)c(F)c2)=N1. The van der Waals surface area contributed by atoms with Crippen LogP contribution in [0.3, 0.4) is 0 Å². The number of hydrogen-bond donors (Lipinski definition) is 3. The van der Waals surface area contributed by atoms with Crippen molar-refractivity contribution < 1.29 is 36.5 Å². The molecule has 0 bridgehead atoms. The Morgan fingerprint density at radius 2 is 2.00 bits per heavy atom. The van der Waals surface area contributed by atoms with E-state index in [1.807, 2.05) is 0 Å². The van der Waals surface area contributed by atoms with Crippen LogP contribution in [0.25, 0.3) is 11.0 Å². The molecular weight excluding hydrogens is 415 g/mol. The molecule has 0 fully saturated rings. The van der Waals surface area contributed by atoms with Crippen molar-refractivity contribution in [3.05, 3.63) is 47.8 Å². The molecule has 1 aliphatic heterocycles. The number of anilines is 1. The van der Waals surface area contributed by atoms with Gasteiger partial charge in [0.15, 0.2) is 17.4 Å². The minimum Gasteiger partial charge on any atom is -0.463 e. The van der Waals surface area contributed by atoms with Gasteiger partial charge in [-0.25, -0.2) is 18.8 Å². The molecule has 1 aromatic carbocycles. The molecule has 1 atom stereocenters. The molecule has 0 amide bonds. The number of nitrogens with one attached hydrogen (secondary N) is 2. The third-order valence-electron chi connectivity index (χ3n) is 4.23. The number of aliphatic hydroxyl groups excluding tert-OH is 1. The molecule has 0 saturated carbocycles. The normalized spacial score (nSPS) is 16.5. The highest BCUT2D eigenvalue weighted by molar-refractivity contribution is 5.90. The lowest BCUT2D eigenvalue weighted by atomic mass is 10.2. The van der Waals surface area contributed by atoms with Gasteiger partial charge < -0.3 is 24.9 Å². The van der Waals surface area contributed by atoms with Crippen molar-refractivity contribution in [2.24, 2.45) is 4.99 Å². The molecule has 7 nitrogen and oxygen atoms in total. The van der Waals surface area contributed by atoms with Crippen LogP contribution < -0.4 is 10.1 Å². The van der Waals surface area contributed by atoms with E-state index in [1.54, 1.807) is 0 Å². The zero-order valence-electron chi connectivity index (χ0n) is 14.9. The van der Waals surface area contributed by atoms with Gasteiger partial charge in [-0.2, -0.15) is 13.2 Å². The maximum Gasteiger partial charge on any atom is 0.418 e. The fraction of sp³-hybridized carbons (Fsp3) is 0.222. The predicted molar refractivity (Wildman–Crippen MR) is 95.4 cm³/mol. The number of hydrogen-bond acceptors (Lipinski definition) is 6. The quantitative estimate of drug-likeness (QED) is 0.550. The van der Waals surface area contributed by atoms with Crippen molar-refractivity contribution in [3.8, 4) is 11.5 Å². The Kier molecular flexibility index (Phi) is 4.94. The van der Waals surface area contributed by atoms with Gasteiger partial charge in [-0.1, -0.05) is 0 Å². The van der Waals surface area contributed by atoms with Crippen LogP contribution in [0.1, 0.15) is 5.56 Å². The number of H-pyrrole nitrogens is 1. The molecule has 4 rings (SSSR count). The number of aromatic nitrogens is 2. The maximum absolute atomic E-state index is 14.5. The van der Waals surface area contributed by atoms with E-state index in [4.69, 9.17) is 14.6 Å². The lowest BCUT2D eigenvalue weighted by Crippen LogP contribution is -2.12. The summed E-state index contributed by atoms with van der Waals surface area (Å²) in [4.78, 5) is 10.1. The highest BCUT2D eigenvalue weighted by Gasteiger charge is 2.35. The summed E-state index contributed by atoms with van der Waals surface area (Å²) in [5.41, 5.74) is -1.28. The lowest BCUT2D eigenvalue weighted by molar-refractivity contribution is -0.136. The third-order valence-corrected chi connectivity index (χ3v) is 4.23. The molecular formula is C18H13F5N4O3. The van der Waals surface area contributed by atoms with Crippen LogP contribution in [-0.4, -0.2) is 40.4 Å². The number of rotatable bonds is 4. The smallest absolute Gasteiger partial charge is 0.418 e. The van der Waals surface area contributed by atoms with Gasteiger partial charge in [0.25, 0.3) is 6.02 Å². The zero-order chi connectivity index (χ0) is 21.5. The first-order valence-electron chi connectivity index (χ1n) is 8.55. The average Bonchev–Trinajstić information content (AvgIpc) is 3.31. The summed E-state index contributed by atoms with van der Waals surface area (Å²) in [5, 5.41) is 11.1. The number of halogens is 5. The van der Waals surface area contributed by atoms with Crippen molar-refractivity contribution in [2.75, 3.05) is 18.5 Å². The second kappa shape index (κ2) is 7.44. The van der Waals surface area contributed by atoms with Gasteiger partial charge in [0, 0.05) is 30.2 Å². The van der Waals surface area contributed by atoms with Crippen molar-refractivity contribution in [3.63, 3.8) is 0 Å². The Bertz CT molecular complexity index is 1110. The second-order valence-electron chi connectivity index (χ2n) is 6.31. The van der Waals surface area contributed by atoms with E-state index >= 15 is 0 Å². The first-order chi connectivity index (χ1) is 14.3. The van der Waals surface area contributed by atoms with Crippen LogP contribution in [0.2, 0.25) is 0 Å². The molecule has 3 N–H and O–H groups in total. The molecule has 1 unspecified atom stereocenters. The summed E-state index contributed by atoms with van der Waals surface area (Å²) in [7, 11) is 0. The van der Waals surface area contributed by atoms with Crippen molar-refractivity contribution in [1.29, 1.82) is 0 Å². The molecule has 30 heavy (non-hydrogen) atoms. The summed E-state index contributed by atoms with van der Waals surface area (Å²) in [6, 6.07) is 2.31. The van der Waals surface area contributed by atoms with Crippen LogP contribution in [-0.2, 0) is 10.9 Å². The van der Waals surface area contributed by atoms with E-state index in [-0.39, 0.29) is 30.6 Å². The molecule has 1 aliphatic rings. The van der Waals surface area contributed by atoms with Gasteiger partial charge in [-0.15, -0.1) is 0 Å². The Morgan fingerprint density at radius 3 is 2.63 bits per heavy atom. The minimum absolute atomic E-state index is 0.0282. The maximum atomic E-state index is 14.5. The number of ether oxygens (including phenoxy) is 2. The largest absolute Gasteiger partial charge is 0.463 e. The number of pyridine rings is 1. The molecule has 0 spiro atoms. The summed E-state index contributed by atoms with van der Waals surface area (Å²) < 4.78 is 79.0. The molecule has 3 aromatic rings. The zero-order valence-corrected chi connectivity index (χ0v) is 14.9. The number of amidine groups is 1. The Morgan fingerprint density at radius 1 is 1.27 bits per heavy atom. The Balaban J connectivity index is 1.65. The fourth-order valence-corrected chi connectivity index (χ4v) is 2.88. The van der Waals surface area contributed by atoms with E-state index in [2.05, 4.69) is 20.3 Å². The fourth-order valence-electron chi connectivity index (χ4n) is 2.88. The number of nitrogens with zero attached hydrogens (tertiary/aromatic N) is 2. The van der Waals surface area contributed by atoms with Crippen molar-refractivity contribution >= 4 is 22.7 Å². The van der Waals surface area contributed by atoms with Gasteiger partial charge in [0.1, 0.15) is 24.0 Å². The van der Waals surface area contributed by atoms with Crippen LogP contribution in [0.15, 0.2) is 35.6 Å². The number of fused-ring (bicyclic) bond motifs is 1. The number of aliphatic imine (C=N–C) groups is 1. The second-order valence-corrected chi connectivity index (χ2v) is 6.31. The van der Waals surface area contributed by atoms with Gasteiger partial charge in [0.05, 0.1) is 17.6 Å². The third kappa shape index (κ3) is 3.73. The van der Waals surface area contributed by atoms with Crippen molar-refractivity contribution in [1.82, 2.24) is 9.97 Å². The summed E-state index contributed by atoms with van der Waals surface area (Å²) >= 11 is 0. The number of alkyl halides is 3. The molecule has 2 aromatic heterocycles. The Hall–Kier alpha value is -3.41. The van der Waals surface area contributed by atoms with Crippen molar-refractivity contribution in [2.45, 2.75) is 12.2 Å². The first-order valence-corrected chi connectivity index (χ1v) is 8.55. The van der Waals surface area contributed by atoms with E-state index in [9.17, 15) is 22.0 Å². The van der Waals surface area contributed by atoms with E-state index in [0.29, 0.717) is 6.20 Å². The molecule has 0 radical (unpaired) electrons. The van der Waals surface area contributed by atoms with Gasteiger partial charge in [-0.3, -0.25) is 0 Å². The molecule has 0 aliphatic carbocycles. The molecule has 3 heterocycles. The van der Waals surface area contributed by atoms with Crippen LogP contribution in [0.4, 0.5) is 27.6 Å². The molecule has 158 valence electrons. The number of benzene rings is 1. The summed E-state index contributed by atoms with van der Waals surface area (Å²) in [5.74, 6) is -3.63. The predicted octanol–water partition coefficient (Wildman–Crippen LogP) is 3.81. The lowest BCUT2D eigenvalue weighted by Gasteiger charge is -2.13.